The van der Waals surface area contributed by atoms with Gasteiger partial charge in [-0.1, -0.05) is 13.0 Å². The molecule has 2 aromatic heterocycles. The van der Waals surface area contributed by atoms with Crippen LogP contribution in [0.5, 0.6) is 0 Å². The van der Waals surface area contributed by atoms with Gasteiger partial charge in [0.05, 0.1) is 6.54 Å². The molecule has 8 nitrogen and oxygen atoms in total. The van der Waals surface area contributed by atoms with Gasteiger partial charge in [-0.15, -0.1) is 34.2 Å². The van der Waals surface area contributed by atoms with Gasteiger partial charge < -0.3 is 16.0 Å². The van der Waals surface area contributed by atoms with Crippen molar-refractivity contribution in [1.82, 2.24) is 30.5 Å². The third-order valence-corrected chi connectivity index (χ3v) is 3.10. The summed E-state index contributed by atoms with van der Waals surface area (Å²) in [6.07, 6.45) is 2.82. The molecule has 0 aliphatic rings. The fraction of sp³-hybridized carbons (Fsp3) is 0.467. The number of nitrogens with one attached hydrogen (secondary N) is 3. The number of carbonyl (C=O) groups excluding carboxylic acids is 1. The second-order valence-corrected chi connectivity index (χ2v) is 4.94. The van der Waals surface area contributed by atoms with Crippen LogP contribution in [-0.4, -0.2) is 46.1 Å². The molecule has 0 bridgehead atoms. The first kappa shape index (κ1) is 20.1. The summed E-state index contributed by atoms with van der Waals surface area (Å²) in [4.78, 5) is 16.1. The van der Waals surface area contributed by atoms with Crippen LogP contribution >= 0.6 is 24.0 Å². The van der Waals surface area contributed by atoms with Crippen LogP contribution < -0.4 is 16.0 Å². The average molecular weight is 445 g/mol. The van der Waals surface area contributed by atoms with E-state index in [0.717, 1.165) is 17.9 Å². The van der Waals surface area contributed by atoms with Crippen LogP contribution in [0.3, 0.4) is 0 Å². The van der Waals surface area contributed by atoms with Gasteiger partial charge in [-0.25, -0.2) is 4.99 Å². The zero-order valence-corrected chi connectivity index (χ0v) is 16.3. The lowest BCUT2D eigenvalue weighted by molar-refractivity contribution is -0.120. The van der Waals surface area contributed by atoms with Crippen molar-refractivity contribution in [3.8, 4) is 0 Å². The Morgan fingerprint density at radius 2 is 2.04 bits per heavy atom. The average Bonchev–Trinajstić information content (AvgIpc) is 2.98. The van der Waals surface area contributed by atoms with E-state index in [4.69, 9.17) is 0 Å². The lowest BCUT2D eigenvalue weighted by atomic mass is 10.4. The van der Waals surface area contributed by atoms with Crippen LogP contribution in [-0.2, 0) is 11.3 Å². The van der Waals surface area contributed by atoms with Crippen LogP contribution in [0.2, 0.25) is 0 Å². The Labute approximate surface area is 158 Å². The van der Waals surface area contributed by atoms with Crippen LogP contribution in [0.4, 0.5) is 0 Å². The largest absolute Gasteiger partial charge is 0.357 e. The maximum absolute atomic E-state index is 11.6. The molecule has 132 valence electrons. The number of nitrogens with zero attached hydrogens (tertiary/aromatic N) is 4. The van der Waals surface area contributed by atoms with Crippen molar-refractivity contribution in [2.24, 2.45) is 4.99 Å². The maximum Gasteiger partial charge on any atom is 0.239 e. The molecule has 0 unspecified atom stereocenters. The fourth-order valence-electron chi connectivity index (χ4n) is 1.98. The number of aliphatic imine (C=N–C) groups is 1. The SMILES string of the molecule is CCCNC(=O)CNC(=NCc1nnc2ccccn12)NCC.I. The van der Waals surface area contributed by atoms with Crippen LogP contribution in [0.15, 0.2) is 29.4 Å². The summed E-state index contributed by atoms with van der Waals surface area (Å²) in [6.45, 7) is 5.94. The molecule has 0 saturated carbocycles. The minimum absolute atomic E-state index is 0. The molecule has 0 aromatic carbocycles. The maximum atomic E-state index is 11.6. The molecule has 0 saturated heterocycles. The molecule has 3 N–H and O–H groups in total. The number of carbonyl (C=O) groups is 1. The van der Waals surface area contributed by atoms with Crippen molar-refractivity contribution in [3.05, 3.63) is 30.2 Å². The van der Waals surface area contributed by atoms with Gasteiger partial charge in [-0.2, -0.15) is 0 Å². The summed E-state index contributed by atoms with van der Waals surface area (Å²) in [5, 5.41) is 17.2. The summed E-state index contributed by atoms with van der Waals surface area (Å²) in [7, 11) is 0. The molecule has 0 atom stereocenters. The number of pyridine rings is 1. The highest BCUT2D eigenvalue weighted by molar-refractivity contribution is 14.0. The van der Waals surface area contributed by atoms with Crippen molar-refractivity contribution >= 4 is 41.5 Å². The Morgan fingerprint density at radius 3 is 2.79 bits per heavy atom. The fourth-order valence-corrected chi connectivity index (χ4v) is 1.98. The van der Waals surface area contributed by atoms with Gasteiger partial charge in [0, 0.05) is 19.3 Å². The molecule has 0 aliphatic carbocycles. The third kappa shape index (κ3) is 5.95. The van der Waals surface area contributed by atoms with Crippen molar-refractivity contribution < 1.29 is 4.79 Å². The van der Waals surface area contributed by atoms with Gasteiger partial charge in [0.2, 0.25) is 5.91 Å². The molecule has 0 radical (unpaired) electrons. The molecular formula is C15H24IN7O. The first-order valence-electron chi connectivity index (χ1n) is 7.82. The minimum Gasteiger partial charge on any atom is -0.357 e. The Hall–Kier alpha value is -1.91. The summed E-state index contributed by atoms with van der Waals surface area (Å²) < 4.78 is 1.89. The number of halogens is 1. The number of hydrogen-bond acceptors (Lipinski definition) is 4. The number of guanidine groups is 1. The monoisotopic (exact) mass is 445 g/mol. The Bertz CT molecular complexity index is 671. The number of aromatic nitrogens is 3. The zero-order valence-electron chi connectivity index (χ0n) is 14.0. The first-order chi connectivity index (χ1) is 11.2. The lowest BCUT2D eigenvalue weighted by Gasteiger charge is -2.11. The van der Waals surface area contributed by atoms with E-state index in [1.165, 1.54) is 0 Å². The Balaban J connectivity index is 0.00000288. The van der Waals surface area contributed by atoms with E-state index in [1.54, 1.807) is 0 Å². The standard InChI is InChI=1S/C15H23N7O.HI/c1-3-8-17-14(23)11-19-15(16-4-2)18-10-13-21-20-12-7-5-6-9-22(12)13;/h5-7,9H,3-4,8,10-11H2,1-2H3,(H,17,23)(H2,16,18,19);1H. The summed E-state index contributed by atoms with van der Waals surface area (Å²) in [5.74, 6) is 1.27. The molecule has 2 rings (SSSR count). The molecule has 1 amide bonds. The smallest absolute Gasteiger partial charge is 0.239 e. The van der Waals surface area contributed by atoms with E-state index in [2.05, 4.69) is 31.1 Å². The van der Waals surface area contributed by atoms with Crippen molar-refractivity contribution in [3.63, 3.8) is 0 Å². The highest BCUT2D eigenvalue weighted by Gasteiger charge is 2.06. The second-order valence-electron chi connectivity index (χ2n) is 4.94. The van der Waals surface area contributed by atoms with Crippen molar-refractivity contribution in [2.45, 2.75) is 26.8 Å². The Kier molecular flexibility index (Phi) is 9.05. The Morgan fingerprint density at radius 1 is 1.21 bits per heavy atom. The third-order valence-electron chi connectivity index (χ3n) is 3.10. The minimum atomic E-state index is -0.0506. The van der Waals surface area contributed by atoms with E-state index < -0.39 is 0 Å². The number of hydrogen-bond donors (Lipinski definition) is 3. The number of amides is 1. The summed E-state index contributed by atoms with van der Waals surface area (Å²) in [5.41, 5.74) is 0.787. The van der Waals surface area contributed by atoms with Gasteiger partial charge in [-0.05, 0) is 25.5 Å². The normalized spacial score (nSPS) is 11.0. The highest BCUT2D eigenvalue weighted by atomic mass is 127. The van der Waals surface area contributed by atoms with Gasteiger partial charge in [-0.3, -0.25) is 9.20 Å². The predicted molar refractivity (Wildman–Crippen MR) is 105 cm³/mol. The predicted octanol–water partition coefficient (Wildman–Crippen LogP) is 0.929. The molecule has 9 heteroatoms. The van der Waals surface area contributed by atoms with Gasteiger partial charge in [0.25, 0.3) is 0 Å². The summed E-state index contributed by atoms with van der Waals surface area (Å²) in [6, 6.07) is 5.73. The van der Waals surface area contributed by atoms with Gasteiger partial charge >= 0.3 is 0 Å². The van der Waals surface area contributed by atoms with Gasteiger partial charge in [0.1, 0.15) is 6.54 Å². The first-order valence-corrected chi connectivity index (χ1v) is 7.82. The topological polar surface area (TPSA) is 95.7 Å². The number of fused-ring (bicyclic) bond motifs is 1. The molecule has 0 fully saturated rings. The van der Waals surface area contributed by atoms with Crippen molar-refractivity contribution in [1.29, 1.82) is 0 Å². The van der Waals surface area contributed by atoms with Gasteiger partial charge in [0.15, 0.2) is 17.4 Å². The molecule has 24 heavy (non-hydrogen) atoms. The lowest BCUT2D eigenvalue weighted by Crippen LogP contribution is -2.43. The quantitative estimate of drug-likeness (QED) is 0.335. The summed E-state index contributed by atoms with van der Waals surface area (Å²) >= 11 is 0. The van der Waals surface area contributed by atoms with E-state index in [-0.39, 0.29) is 36.4 Å². The molecule has 2 heterocycles. The van der Waals surface area contributed by atoms with E-state index in [0.29, 0.717) is 25.6 Å². The number of rotatable bonds is 7. The van der Waals surface area contributed by atoms with Crippen molar-refractivity contribution in [2.75, 3.05) is 19.6 Å². The van der Waals surface area contributed by atoms with Crippen LogP contribution in [0.1, 0.15) is 26.1 Å². The highest BCUT2D eigenvalue weighted by Crippen LogP contribution is 2.03. The van der Waals surface area contributed by atoms with Crippen LogP contribution in [0.25, 0.3) is 5.65 Å². The molecule has 0 spiro atoms. The molecule has 2 aromatic rings. The van der Waals surface area contributed by atoms with E-state index >= 15 is 0 Å². The second kappa shape index (κ2) is 10.8. The zero-order chi connectivity index (χ0) is 16.5. The molecular weight excluding hydrogens is 421 g/mol. The van der Waals surface area contributed by atoms with E-state index in [9.17, 15) is 4.79 Å². The molecule has 0 aliphatic heterocycles. The van der Waals surface area contributed by atoms with E-state index in [1.807, 2.05) is 42.6 Å². The van der Waals surface area contributed by atoms with Crippen LogP contribution in [0, 0.1) is 0 Å².